The molecule has 5 aliphatic heterocycles. The van der Waals surface area contributed by atoms with Crippen LogP contribution in [-0.2, 0) is 23.9 Å². The largest absolute Gasteiger partial charge is 0.468 e. The molecule has 30 heavy (non-hydrogen) atoms. The van der Waals surface area contributed by atoms with Crippen molar-refractivity contribution in [2.75, 3.05) is 18.6 Å². The van der Waals surface area contributed by atoms with Crippen LogP contribution in [0.25, 0.3) is 0 Å². The van der Waals surface area contributed by atoms with E-state index in [0.717, 1.165) is 24.2 Å². The first-order valence-corrected chi connectivity index (χ1v) is 10.6. The Kier molecular flexibility index (Phi) is 3.46. The summed E-state index contributed by atoms with van der Waals surface area (Å²) in [5, 5.41) is 0. The van der Waals surface area contributed by atoms with E-state index in [1.807, 2.05) is 46.2 Å². The molecule has 7 heteroatoms. The molecule has 3 saturated heterocycles. The van der Waals surface area contributed by atoms with Gasteiger partial charge in [-0.05, 0) is 31.4 Å². The summed E-state index contributed by atoms with van der Waals surface area (Å²) in [5.74, 6) is -0.999. The fourth-order valence-electron chi connectivity index (χ4n) is 6.63. The molecule has 6 rings (SSSR count). The number of methoxy groups -OCH3 is 1. The topological polar surface area (TPSA) is 76.2 Å². The summed E-state index contributed by atoms with van der Waals surface area (Å²) in [6.07, 6.45) is 5.42. The Morgan fingerprint density at radius 1 is 1.27 bits per heavy atom. The Bertz CT molecular complexity index is 1020. The van der Waals surface area contributed by atoms with Crippen molar-refractivity contribution in [2.24, 2.45) is 11.3 Å². The standard InChI is InChI=1S/C23H24N2O5/c1-22(21(28)29-2)17-9-10-23(30-17)16-12-15(24-11-5-8-18(24)26)13-6-3-4-7-14(13)25(16)20(27)19(22)23/h3-4,6-7,9-10,15-17,19H,5,8,11-12H2,1-2H3/t15-,16-,17+,19+,22+,23+/m0/s1. The lowest BCUT2D eigenvalue weighted by Crippen LogP contribution is -2.51. The Hall–Kier alpha value is -2.67. The molecule has 0 saturated carbocycles. The minimum Gasteiger partial charge on any atom is -0.468 e. The molecule has 5 heterocycles. The summed E-state index contributed by atoms with van der Waals surface area (Å²) in [6.45, 7) is 2.51. The highest BCUT2D eigenvalue weighted by Gasteiger charge is 2.77. The molecule has 3 fully saturated rings. The monoisotopic (exact) mass is 408 g/mol. The van der Waals surface area contributed by atoms with E-state index in [1.54, 1.807) is 6.92 Å². The van der Waals surface area contributed by atoms with Crippen LogP contribution in [0.4, 0.5) is 5.69 Å². The van der Waals surface area contributed by atoms with Gasteiger partial charge < -0.3 is 19.3 Å². The summed E-state index contributed by atoms with van der Waals surface area (Å²) in [5.41, 5.74) is -0.127. The summed E-state index contributed by atoms with van der Waals surface area (Å²) in [6, 6.07) is 7.45. The number of benzene rings is 1. The number of esters is 1. The van der Waals surface area contributed by atoms with E-state index in [4.69, 9.17) is 9.47 Å². The maximum absolute atomic E-state index is 13.8. The third kappa shape index (κ3) is 1.88. The second-order valence-corrected chi connectivity index (χ2v) is 9.18. The maximum atomic E-state index is 13.8. The lowest BCUT2D eigenvalue weighted by Gasteiger charge is -2.43. The smallest absolute Gasteiger partial charge is 0.315 e. The highest BCUT2D eigenvalue weighted by molar-refractivity contribution is 6.05. The molecule has 6 atom stereocenters. The number of nitrogens with zero attached hydrogens (tertiary/aromatic N) is 2. The van der Waals surface area contributed by atoms with Crippen LogP contribution in [-0.4, -0.2) is 54.1 Å². The summed E-state index contributed by atoms with van der Waals surface area (Å²) in [4.78, 5) is 43.0. The summed E-state index contributed by atoms with van der Waals surface area (Å²) in [7, 11) is 1.35. The van der Waals surface area contributed by atoms with E-state index in [-0.39, 0.29) is 23.9 Å². The minimum atomic E-state index is -1.06. The van der Waals surface area contributed by atoms with Crippen molar-refractivity contribution in [3.63, 3.8) is 0 Å². The molecular weight excluding hydrogens is 384 g/mol. The predicted molar refractivity (Wildman–Crippen MR) is 106 cm³/mol. The molecular formula is C23H24N2O5. The van der Waals surface area contributed by atoms with Gasteiger partial charge in [-0.2, -0.15) is 0 Å². The lowest BCUT2D eigenvalue weighted by molar-refractivity contribution is -0.157. The van der Waals surface area contributed by atoms with Crippen molar-refractivity contribution in [1.82, 2.24) is 4.90 Å². The maximum Gasteiger partial charge on any atom is 0.315 e. The normalized spacial score (nSPS) is 40.6. The molecule has 7 nitrogen and oxygen atoms in total. The molecule has 0 N–H and O–H groups in total. The first-order chi connectivity index (χ1) is 14.4. The molecule has 0 aliphatic carbocycles. The average Bonchev–Trinajstić information content (AvgIpc) is 3.49. The quantitative estimate of drug-likeness (QED) is 0.553. The average molecular weight is 408 g/mol. The first-order valence-electron chi connectivity index (χ1n) is 10.6. The molecule has 2 amide bonds. The molecule has 1 aromatic carbocycles. The number of amides is 2. The number of anilines is 1. The first kappa shape index (κ1) is 18.1. The number of carbonyl (C=O) groups is 3. The molecule has 1 aromatic rings. The van der Waals surface area contributed by atoms with Gasteiger partial charge in [-0.15, -0.1) is 0 Å². The zero-order valence-electron chi connectivity index (χ0n) is 17.0. The number of likely N-dealkylation sites (tertiary alicyclic amines) is 1. The van der Waals surface area contributed by atoms with Gasteiger partial charge in [0, 0.05) is 18.7 Å². The fraction of sp³-hybridized carbons (Fsp3) is 0.522. The van der Waals surface area contributed by atoms with Gasteiger partial charge in [0.25, 0.3) is 0 Å². The van der Waals surface area contributed by atoms with Crippen molar-refractivity contribution in [3.05, 3.63) is 42.0 Å². The van der Waals surface area contributed by atoms with E-state index < -0.39 is 29.0 Å². The molecule has 0 unspecified atom stereocenters. The van der Waals surface area contributed by atoms with Crippen molar-refractivity contribution < 1.29 is 23.9 Å². The van der Waals surface area contributed by atoms with E-state index in [1.165, 1.54) is 7.11 Å². The third-order valence-electron chi connectivity index (χ3n) is 7.93. The highest BCUT2D eigenvalue weighted by atomic mass is 16.5. The molecule has 0 aromatic heterocycles. The zero-order valence-corrected chi connectivity index (χ0v) is 17.0. The number of carbonyl (C=O) groups excluding carboxylic acids is 3. The molecule has 5 aliphatic rings. The van der Waals surface area contributed by atoms with Crippen LogP contribution in [0.1, 0.15) is 37.8 Å². The van der Waals surface area contributed by atoms with E-state index >= 15 is 0 Å². The Morgan fingerprint density at radius 3 is 2.80 bits per heavy atom. The van der Waals surface area contributed by atoms with Gasteiger partial charge in [0.1, 0.15) is 11.0 Å². The van der Waals surface area contributed by atoms with Crippen LogP contribution in [0.3, 0.4) is 0 Å². The minimum absolute atomic E-state index is 0.0978. The zero-order chi connectivity index (χ0) is 20.8. The predicted octanol–water partition coefficient (Wildman–Crippen LogP) is 1.97. The van der Waals surface area contributed by atoms with Gasteiger partial charge in [0.15, 0.2) is 0 Å². The van der Waals surface area contributed by atoms with Crippen LogP contribution in [0.5, 0.6) is 0 Å². The van der Waals surface area contributed by atoms with E-state index in [9.17, 15) is 14.4 Å². The molecule has 2 bridgehead atoms. The second kappa shape index (κ2) is 5.72. The van der Waals surface area contributed by atoms with Crippen LogP contribution in [0, 0.1) is 11.3 Å². The van der Waals surface area contributed by atoms with Crippen molar-refractivity contribution >= 4 is 23.5 Å². The van der Waals surface area contributed by atoms with Crippen LogP contribution < -0.4 is 4.90 Å². The van der Waals surface area contributed by atoms with Crippen LogP contribution >= 0.6 is 0 Å². The Balaban J connectivity index is 1.51. The summed E-state index contributed by atoms with van der Waals surface area (Å²) < 4.78 is 11.5. The SMILES string of the molecule is COC(=O)[C@]1(C)[C@H]2C=C[C@@]3(O2)[C@@H]2C[C@H](N4CCCC4=O)c4ccccc4N2C(=O)[C@@H]31. The fourth-order valence-corrected chi connectivity index (χ4v) is 6.63. The number of hydrogen-bond donors (Lipinski definition) is 0. The highest BCUT2D eigenvalue weighted by Crippen LogP contribution is 2.64. The van der Waals surface area contributed by atoms with Gasteiger partial charge in [0.05, 0.1) is 31.2 Å². The van der Waals surface area contributed by atoms with Gasteiger partial charge in [-0.3, -0.25) is 14.4 Å². The van der Waals surface area contributed by atoms with E-state index in [0.29, 0.717) is 12.8 Å². The number of ether oxygens (including phenoxy) is 2. The van der Waals surface area contributed by atoms with E-state index in [2.05, 4.69) is 0 Å². The van der Waals surface area contributed by atoms with Crippen molar-refractivity contribution in [1.29, 1.82) is 0 Å². The second-order valence-electron chi connectivity index (χ2n) is 9.18. The number of para-hydroxylation sites is 1. The van der Waals surface area contributed by atoms with Gasteiger partial charge >= 0.3 is 5.97 Å². The molecule has 1 spiro atoms. The third-order valence-corrected chi connectivity index (χ3v) is 7.93. The van der Waals surface area contributed by atoms with Crippen molar-refractivity contribution in [2.45, 2.75) is 50.0 Å². The number of fused-ring (bicyclic) bond motifs is 4. The van der Waals surface area contributed by atoms with Gasteiger partial charge in [0.2, 0.25) is 11.8 Å². The lowest BCUT2D eigenvalue weighted by atomic mass is 9.64. The van der Waals surface area contributed by atoms with Gasteiger partial charge in [-0.1, -0.05) is 30.4 Å². The van der Waals surface area contributed by atoms with Gasteiger partial charge in [-0.25, -0.2) is 0 Å². The Morgan fingerprint density at radius 2 is 2.07 bits per heavy atom. The summed E-state index contributed by atoms with van der Waals surface area (Å²) >= 11 is 0. The van der Waals surface area contributed by atoms with Crippen molar-refractivity contribution in [3.8, 4) is 0 Å². The number of hydrogen-bond acceptors (Lipinski definition) is 5. The molecule has 0 radical (unpaired) electrons. The Labute approximate surface area is 174 Å². The van der Waals surface area contributed by atoms with Crippen LogP contribution in [0.15, 0.2) is 36.4 Å². The molecule has 156 valence electrons. The number of rotatable bonds is 2. The van der Waals surface area contributed by atoms with Crippen LogP contribution in [0.2, 0.25) is 0 Å².